The number of ether oxygens (including phenoxy) is 1. The van der Waals surface area contributed by atoms with Crippen molar-refractivity contribution in [3.63, 3.8) is 0 Å². The number of imidazole rings is 1. The number of nitrogens with zero attached hydrogens (tertiary/aromatic N) is 2. The summed E-state index contributed by atoms with van der Waals surface area (Å²) >= 11 is 9.28. The second kappa shape index (κ2) is 5.42. The first-order valence-electron chi connectivity index (χ1n) is 5.84. The van der Waals surface area contributed by atoms with Crippen molar-refractivity contribution >= 4 is 33.2 Å². The molecule has 20 heavy (non-hydrogen) atoms. The van der Waals surface area contributed by atoms with Gasteiger partial charge in [-0.25, -0.2) is 4.39 Å². The second-order valence-corrected chi connectivity index (χ2v) is 5.22. The van der Waals surface area contributed by atoms with E-state index in [1.807, 2.05) is 28.8 Å². The van der Waals surface area contributed by atoms with E-state index in [4.69, 9.17) is 16.3 Å². The summed E-state index contributed by atoms with van der Waals surface area (Å²) in [5.74, 6) is 0.602. The first kappa shape index (κ1) is 13.4. The highest BCUT2D eigenvalue weighted by molar-refractivity contribution is 9.10. The Bertz CT molecular complexity index is 775. The molecule has 0 spiro atoms. The van der Waals surface area contributed by atoms with Crippen LogP contribution in [0.1, 0.15) is 5.69 Å². The maximum atomic E-state index is 13.3. The van der Waals surface area contributed by atoms with Crippen molar-refractivity contribution in [3.05, 3.63) is 58.6 Å². The van der Waals surface area contributed by atoms with Gasteiger partial charge in [0.05, 0.1) is 10.4 Å². The van der Waals surface area contributed by atoms with Crippen molar-refractivity contribution in [1.82, 2.24) is 9.38 Å². The van der Waals surface area contributed by atoms with Crippen LogP contribution in [0.5, 0.6) is 11.6 Å². The number of fused-ring (bicyclic) bond motifs is 1. The molecule has 0 unspecified atom stereocenters. The summed E-state index contributed by atoms with van der Waals surface area (Å²) in [7, 11) is 0. The largest absolute Gasteiger partial charge is 0.436 e. The number of rotatable bonds is 3. The summed E-state index contributed by atoms with van der Waals surface area (Å²) in [5.41, 5.74) is 1.45. The highest BCUT2D eigenvalue weighted by Crippen LogP contribution is 2.32. The molecule has 0 amide bonds. The number of halogens is 3. The molecular formula is C14H9BrClFN2O. The van der Waals surface area contributed by atoms with E-state index in [9.17, 15) is 4.39 Å². The molecule has 0 radical (unpaired) electrons. The quantitative estimate of drug-likeness (QED) is 0.633. The maximum Gasteiger partial charge on any atom is 0.242 e. The SMILES string of the molecule is Fc1ccc(Br)c(Oc2nc3ccccn3c2CCl)c1. The molecule has 6 heteroatoms. The van der Waals surface area contributed by atoms with Crippen LogP contribution >= 0.6 is 27.5 Å². The highest BCUT2D eigenvalue weighted by atomic mass is 79.9. The fraction of sp³-hybridized carbons (Fsp3) is 0.0714. The van der Waals surface area contributed by atoms with E-state index in [-0.39, 0.29) is 11.7 Å². The standard InChI is InChI=1S/C14H9BrClFN2O/c15-10-5-4-9(17)7-12(10)20-14-11(8-16)19-6-2-1-3-13(19)18-14/h1-7H,8H2. The molecule has 0 aliphatic rings. The molecule has 3 nitrogen and oxygen atoms in total. The molecule has 0 saturated heterocycles. The van der Waals surface area contributed by atoms with Gasteiger partial charge in [0.2, 0.25) is 5.88 Å². The van der Waals surface area contributed by atoms with Crippen LogP contribution in [0.15, 0.2) is 47.1 Å². The minimum atomic E-state index is -0.376. The lowest BCUT2D eigenvalue weighted by atomic mass is 10.3. The van der Waals surface area contributed by atoms with Gasteiger partial charge in [-0.2, -0.15) is 4.98 Å². The molecule has 0 bridgehead atoms. The molecule has 102 valence electrons. The molecule has 0 N–H and O–H groups in total. The van der Waals surface area contributed by atoms with Crippen molar-refractivity contribution < 1.29 is 9.13 Å². The predicted molar refractivity (Wildman–Crippen MR) is 78.9 cm³/mol. The molecule has 0 aliphatic heterocycles. The van der Waals surface area contributed by atoms with Crippen LogP contribution < -0.4 is 4.74 Å². The first-order chi connectivity index (χ1) is 9.69. The zero-order chi connectivity index (χ0) is 14.1. The fourth-order valence-corrected chi connectivity index (χ4v) is 2.46. The molecule has 0 saturated carbocycles. The summed E-state index contributed by atoms with van der Waals surface area (Å²) in [5, 5.41) is 0. The minimum Gasteiger partial charge on any atom is -0.436 e. The van der Waals surface area contributed by atoms with Gasteiger partial charge in [0.25, 0.3) is 0 Å². The number of aromatic nitrogens is 2. The van der Waals surface area contributed by atoms with Crippen molar-refractivity contribution in [2.75, 3.05) is 0 Å². The lowest BCUT2D eigenvalue weighted by molar-refractivity contribution is 0.454. The fourth-order valence-electron chi connectivity index (χ4n) is 1.89. The van der Waals surface area contributed by atoms with Gasteiger partial charge in [0.15, 0.2) is 0 Å². The summed E-state index contributed by atoms with van der Waals surface area (Å²) in [4.78, 5) is 4.36. The van der Waals surface area contributed by atoms with E-state index in [2.05, 4.69) is 20.9 Å². The van der Waals surface area contributed by atoms with Crippen LogP contribution in [0.4, 0.5) is 4.39 Å². The normalized spacial score (nSPS) is 10.9. The van der Waals surface area contributed by atoms with E-state index < -0.39 is 0 Å². The number of hydrogen-bond donors (Lipinski definition) is 0. The Labute approximate surface area is 128 Å². The summed E-state index contributed by atoms with van der Waals surface area (Å²) < 4.78 is 21.5. The van der Waals surface area contributed by atoms with Crippen LogP contribution in [0, 0.1) is 5.82 Å². The smallest absolute Gasteiger partial charge is 0.242 e. The highest BCUT2D eigenvalue weighted by Gasteiger charge is 2.14. The van der Waals surface area contributed by atoms with E-state index in [1.165, 1.54) is 12.1 Å². The Hall–Kier alpha value is -1.59. The minimum absolute atomic E-state index is 0.244. The molecule has 0 aliphatic carbocycles. The lowest BCUT2D eigenvalue weighted by Gasteiger charge is -2.06. The van der Waals surface area contributed by atoms with E-state index in [0.717, 1.165) is 11.3 Å². The zero-order valence-corrected chi connectivity index (χ0v) is 12.5. The second-order valence-electron chi connectivity index (χ2n) is 4.10. The van der Waals surface area contributed by atoms with Gasteiger partial charge >= 0.3 is 0 Å². The third-order valence-corrected chi connectivity index (χ3v) is 3.73. The van der Waals surface area contributed by atoms with Gasteiger partial charge in [-0.3, -0.25) is 4.40 Å². The predicted octanol–water partition coefficient (Wildman–Crippen LogP) is 4.77. The zero-order valence-electron chi connectivity index (χ0n) is 10.2. The number of alkyl halides is 1. The molecule has 2 heterocycles. The molecule has 2 aromatic heterocycles. The van der Waals surface area contributed by atoms with Crippen LogP contribution in [-0.4, -0.2) is 9.38 Å². The van der Waals surface area contributed by atoms with Crippen molar-refractivity contribution in [1.29, 1.82) is 0 Å². The van der Waals surface area contributed by atoms with Gasteiger partial charge in [-0.15, -0.1) is 11.6 Å². The number of hydrogen-bond acceptors (Lipinski definition) is 2. The van der Waals surface area contributed by atoms with Crippen LogP contribution in [0.3, 0.4) is 0 Å². The van der Waals surface area contributed by atoms with E-state index in [0.29, 0.717) is 16.1 Å². The van der Waals surface area contributed by atoms with Crippen LogP contribution in [0.2, 0.25) is 0 Å². The van der Waals surface area contributed by atoms with Crippen LogP contribution in [0.25, 0.3) is 5.65 Å². The Kier molecular flexibility index (Phi) is 3.63. The average molecular weight is 356 g/mol. The Morgan fingerprint density at radius 1 is 1.30 bits per heavy atom. The topological polar surface area (TPSA) is 26.5 Å². The summed E-state index contributed by atoms with van der Waals surface area (Å²) in [6.45, 7) is 0. The van der Waals surface area contributed by atoms with Gasteiger partial charge in [-0.05, 0) is 40.2 Å². The Morgan fingerprint density at radius 3 is 2.95 bits per heavy atom. The van der Waals surface area contributed by atoms with Gasteiger partial charge in [0.1, 0.15) is 22.9 Å². The molecule has 3 aromatic rings. The monoisotopic (exact) mass is 354 g/mol. The first-order valence-corrected chi connectivity index (χ1v) is 7.16. The van der Waals surface area contributed by atoms with Crippen molar-refractivity contribution in [3.8, 4) is 11.6 Å². The van der Waals surface area contributed by atoms with Gasteiger partial charge in [-0.1, -0.05) is 6.07 Å². The number of benzene rings is 1. The third-order valence-electron chi connectivity index (χ3n) is 2.82. The number of pyridine rings is 1. The lowest BCUT2D eigenvalue weighted by Crippen LogP contribution is -1.93. The molecule has 0 fully saturated rings. The van der Waals surface area contributed by atoms with E-state index in [1.54, 1.807) is 6.07 Å². The summed E-state index contributed by atoms with van der Waals surface area (Å²) in [6.07, 6.45) is 1.85. The third kappa shape index (κ3) is 2.39. The molecular weight excluding hydrogens is 347 g/mol. The van der Waals surface area contributed by atoms with Crippen molar-refractivity contribution in [2.24, 2.45) is 0 Å². The molecule has 1 aromatic carbocycles. The molecule has 3 rings (SSSR count). The Morgan fingerprint density at radius 2 is 2.15 bits per heavy atom. The van der Waals surface area contributed by atoms with Crippen molar-refractivity contribution in [2.45, 2.75) is 5.88 Å². The maximum absolute atomic E-state index is 13.3. The average Bonchev–Trinajstić information content (AvgIpc) is 2.80. The van der Waals surface area contributed by atoms with E-state index >= 15 is 0 Å². The van der Waals surface area contributed by atoms with Crippen LogP contribution in [-0.2, 0) is 5.88 Å². The van der Waals surface area contributed by atoms with Gasteiger partial charge in [0, 0.05) is 12.3 Å². The summed E-state index contributed by atoms with van der Waals surface area (Å²) in [6, 6.07) is 9.84. The van der Waals surface area contributed by atoms with Gasteiger partial charge < -0.3 is 4.74 Å². The Balaban J connectivity index is 2.08. The molecule has 0 atom stereocenters.